The smallest absolute Gasteiger partial charge is 0.254 e. The molecule has 0 unspecified atom stereocenters. The minimum atomic E-state index is 0.265. The Labute approximate surface area is 127 Å². The van der Waals surface area contributed by atoms with Gasteiger partial charge in [-0.3, -0.25) is 4.79 Å². The number of piperidine rings is 1. The third-order valence-corrected chi connectivity index (χ3v) is 5.08. The fourth-order valence-corrected chi connectivity index (χ4v) is 3.76. The van der Waals surface area contributed by atoms with Crippen molar-refractivity contribution >= 4 is 5.91 Å². The fourth-order valence-electron chi connectivity index (χ4n) is 3.76. The Hall–Kier alpha value is -1.35. The molecule has 0 bridgehead atoms. The molecule has 1 fully saturated rings. The molecule has 0 radical (unpaired) electrons. The number of rotatable bonds is 4. The summed E-state index contributed by atoms with van der Waals surface area (Å²) in [6.07, 6.45) is 6.97. The van der Waals surface area contributed by atoms with Gasteiger partial charge in [-0.25, -0.2) is 0 Å². The number of nitrogens with zero attached hydrogens (tertiary/aromatic N) is 1. The highest BCUT2D eigenvalue weighted by Gasteiger charge is 2.26. The number of nitrogens with one attached hydrogen (secondary N) is 1. The van der Waals surface area contributed by atoms with Gasteiger partial charge in [0.05, 0.1) is 0 Å². The Kier molecular flexibility index (Phi) is 4.59. The summed E-state index contributed by atoms with van der Waals surface area (Å²) in [4.78, 5) is 14.9. The van der Waals surface area contributed by atoms with Gasteiger partial charge < -0.3 is 10.2 Å². The van der Waals surface area contributed by atoms with Gasteiger partial charge in [-0.15, -0.1) is 0 Å². The first-order valence-electron chi connectivity index (χ1n) is 8.34. The van der Waals surface area contributed by atoms with Crippen molar-refractivity contribution in [1.29, 1.82) is 0 Å². The molecule has 1 aliphatic heterocycles. The van der Waals surface area contributed by atoms with Crippen molar-refractivity contribution < 1.29 is 4.79 Å². The van der Waals surface area contributed by atoms with E-state index in [-0.39, 0.29) is 5.91 Å². The van der Waals surface area contributed by atoms with Crippen LogP contribution in [-0.2, 0) is 12.8 Å². The minimum absolute atomic E-state index is 0.265. The monoisotopic (exact) mass is 286 g/mol. The maximum Gasteiger partial charge on any atom is 0.254 e. The Morgan fingerprint density at radius 1 is 1.29 bits per heavy atom. The Morgan fingerprint density at radius 3 is 2.86 bits per heavy atom. The molecule has 2 aliphatic rings. The van der Waals surface area contributed by atoms with Crippen molar-refractivity contribution in [2.45, 2.75) is 38.5 Å². The summed E-state index contributed by atoms with van der Waals surface area (Å²) in [5.41, 5.74) is 3.68. The lowest BCUT2D eigenvalue weighted by molar-refractivity contribution is 0.0686. The molecule has 1 aliphatic carbocycles. The van der Waals surface area contributed by atoms with Gasteiger partial charge in [-0.2, -0.15) is 0 Å². The van der Waals surface area contributed by atoms with Crippen LogP contribution in [0.2, 0.25) is 0 Å². The van der Waals surface area contributed by atoms with Gasteiger partial charge in [-0.1, -0.05) is 12.1 Å². The molecule has 0 spiro atoms. The average Bonchev–Trinajstić information content (AvgIpc) is 3.01. The third kappa shape index (κ3) is 3.13. The summed E-state index contributed by atoms with van der Waals surface area (Å²) in [6.45, 7) is 2.94. The minimum Gasteiger partial charge on any atom is -0.339 e. The number of hydrogen-bond acceptors (Lipinski definition) is 2. The van der Waals surface area contributed by atoms with E-state index in [0.29, 0.717) is 0 Å². The maximum atomic E-state index is 12.8. The number of hydrogen-bond donors (Lipinski definition) is 1. The zero-order valence-corrected chi connectivity index (χ0v) is 13.0. The molecule has 1 heterocycles. The lowest BCUT2D eigenvalue weighted by Gasteiger charge is -2.32. The molecule has 21 heavy (non-hydrogen) atoms. The number of carbonyl (C=O) groups is 1. The molecule has 3 heteroatoms. The van der Waals surface area contributed by atoms with Crippen LogP contribution in [0, 0.1) is 5.92 Å². The van der Waals surface area contributed by atoms with E-state index in [0.717, 1.165) is 56.8 Å². The molecule has 1 amide bonds. The lowest BCUT2D eigenvalue weighted by atomic mass is 9.92. The number of carbonyl (C=O) groups excluding carboxylic acids is 1. The second-order valence-corrected chi connectivity index (χ2v) is 6.42. The highest BCUT2D eigenvalue weighted by Crippen LogP contribution is 2.28. The predicted molar refractivity (Wildman–Crippen MR) is 85.6 cm³/mol. The fraction of sp³-hybridized carbons (Fsp3) is 0.611. The van der Waals surface area contributed by atoms with Crippen LogP contribution in [0.3, 0.4) is 0 Å². The maximum absolute atomic E-state index is 12.8. The SMILES string of the molecule is CNCCC1CCN(C(=O)c2cccc3c2CCC3)CC1. The van der Waals surface area contributed by atoms with Gasteiger partial charge in [0.1, 0.15) is 0 Å². The number of fused-ring (bicyclic) bond motifs is 1. The van der Waals surface area contributed by atoms with E-state index in [4.69, 9.17) is 0 Å². The standard InChI is InChI=1S/C18H26N2O/c1-19-11-8-14-9-12-20(13-10-14)18(21)17-7-3-5-15-4-2-6-16(15)17/h3,5,7,14,19H,2,4,6,8-13H2,1H3. The molecule has 1 N–H and O–H groups in total. The van der Waals surface area contributed by atoms with Crippen molar-refractivity contribution in [1.82, 2.24) is 10.2 Å². The highest BCUT2D eigenvalue weighted by molar-refractivity contribution is 5.96. The number of likely N-dealkylation sites (tertiary alicyclic amines) is 1. The van der Waals surface area contributed by atoms with Crippen molar-refractivity contribution in [3.8, 4) is 0 Å². The molecule has 3 rings (SSSR count). The quantitative estimate of drug-likeness (QED) is 0.923. The van der Waals surface area contributed by atoms with E-state index in [9.17, 15) is 4.79 Å². The summed E-state index contributed by atoms with van der Waals surface area (Å²) in [5.74, 6) is 1.05. The topological polar surface area (TPSA) is 32.3 Å². The van der Waals surface area contributed by atoms with Crippen molar-refractivity contribution in [3.05, 3.63) is 34.9 Å². The summed E-state index contributed by atoms with van der Waals surface area (Å²) < 4.78 is 0. The number of benzene rings is 1. The van der Waals surface area contributed by atoms with Crippen LogP contribution in [0.1, 0.15) is 47.2 Å². The van der Waals surface area contributed by atoms with Crippen LogP contribution in [0.25, 0.3) is 0 Å². The van der Waals surface area contributed by atoms with Crippen LogP contribution in [-0.4, -0.2) is 37.5 Å². The zero-order valence-electron chi connectivity index (χ0n) is 13.0. The van der Waals surface area contributed by atoms with E-state index < -0.39 is 0 Å². The average molecular weight is 286 g/mol. The van der Waals surface area contributed by atoms with Crippen LogP contribution in [0.5, 0.6) is 0 Å². The molecular formula is C18H26N2O. The first kappa shape index (κ1) is 14.6. The van der Waals surface area contributed by atoms with Crippen molar-refractivity contribution in [3.63, 3.8) is 0 Å². The molecule has 0 aromatic heterocycles. The molecule has 0 saturated carbocycles. The highest BCUT2D eigenvalue weighted by atomic mass is 16.2. The van der Waals surface area contributed by atoms with Gasteiger partial charge in [0, 0.05) is 18.7 Å². The van der Waals surface area contributed by atoms with E-state index in [1.165, 1.54) is 24.0 Å². The summed E-state index contributed by atoms with van der Waals surface area (Å²) in [5, 5.41) is 3.22. The predicted octanol–water partition coefficient (Wildman–Crippen LogP) is 2.64. The molecule has 114 valence electrons. The molecule has 1 aromatic rings. The van der Waals surface area contributed by atoms with Gasteiger partial charge >= 0.3 is 0 Å². The molecule has 1 aromatic carbocycles. The van der Waals surface area contributed by atoms with E-state index >= 15 is 0 Å². The Balaban J connectivity index is 1.64. The van der Waals surface area contributed by atoms with E-state index in [1.54, 1.807) is 0 Å². The zero-order chi connectivity index (χ0) is 14.7. The van der Waals surface area contributed by atoms with Crippen molar-refractivity contribution in [2.24, 2.45) is 5.92 Å². The summed E-state index contributed by atoms with van der Waals surface area (Å²) in [7, 11) is 2.01. The second kappa shape index (κ2) is 6.61. The van der Waals surface area contributed by atoms with E-state index in [2.05, 4.69) is 22.3 Å². The van der Waals surface area contributed by atoms with Gasteiger partial charge in [-0.05, 0) is 75.2 Å². The Bertz CT molecular complexity index is 504. The van der Waals surface area contributed by atoms with Gasteiger partial charge in [0.15, 0.2) is 0 Å². The second-order valence-electron chi connectivity index (χ2n) is 6.42. The lowest BCUT2D eigenvalue weighted by Crippen LogP contribution is -2.39. The van der Waals surface area contributed by atoms with Crippen LogP contribution in [0.4, 0.5) is 0 Å². The summed E-state index contributed by atoms with van der Waals surface area (Å²) in [6, 6.07) is 6.26. The normalized spacial score (nSPS) is 18.8. The molecule has 3 nitrogen and oxygen atoms in total. The first-order chi connectivity index (χ1) is 10.3. The van der Waals surface area contributed by atoms with Crippen LogP contribution in [0.15, 0.2) is 18.2 Å². The molecular weight excluding hydrogens is 260 g/mol. The molecule has 1 saturated heterocycles. The third-order valence-electron chi connectivity index (χ3n) is 5.08. The van der Waals surface area contributed by atoms with Crippen molar-refractivity contribution in [2.75, 3.05) is 26.7 Å². The molecule has 0 atom stereocenters. The largest absolute Gasteiger partial charge is 0.339 e. The van der Waals surface area contributed by atoms with Gasteiger partial charge in [0.2, 0.25) is 0 Å². The number of aryl methyl sites for hydroxylation is 1. The van der Waals surface area contributed by atoms with Crippen LogP contribution < -0.4 is 5.32 Å². The Morgan fingerprint density at radius 2 is 2.10 bits per heavy atom. The summed E-state index contributed by atoms with van der Waals surface area (Å²) >= 11 is 0. The van der Waals surface area contributed by atoms with E-state index in [1.807, 2.05) is 13.1 Å². The van der Waals surface area contributed by atoms with Crippen LogP contribution >= 0.6 is 0 Å². The number of amides is 1. The van der Waals surface area contributed by atoms with Gasteiger partial charge in [0.25, 0.3) is 5.91 Å². The first-order valence-corrected chi connectivity index (χ1v) is 8.34.